The molecule has 2 heterocycles. The van der Waals surface area contributed by atoms with Gasteiger partial charge < -0.3 is 20.5 Å². The van der Waals surface area contributed by atoms with Gasteiger partial charge in [0.2, 0.25) is 0 Å². The Hall–Kier alpha value is -3.43. The smallest absolute Gasteiger partial charge is 0.323 e. The highest BCUT2D eigenvalue weighted by molar-refractivity contribution is 6.30. The average molecular weight is 595 g/mol. The number of ether oxygens (including phenoxy) is 1. The quantitative estimate of drug-likeness (QED) is 0.155. The molecular weight excluding hydrogens is 552 g/mol. The first-order valence-electron chi connectivity index (χ1n) is 14.5. The molecule has 0 saturated carbocycles. The summed E-state index contributed by atoms with van der Waals surface area (Å²) >= 11 is 5.91. The molecule has 4 aromatic rings. The van der Waals surface area contributed by atoms with Crippen LogP contribution in [0.3, 0.4) is 0 Å². The summed E-state index contributed by atoms with van der Waals surface area (Å²) in [5.74, 6) is -0.372. The SMILES string of the molecule is C1CCNC1.CC.CC(Cc1ccc2ccccc2c1)NCCO.Cc1cc2cc(OCC(=O)N=O)ccc2nc1Cl. The lowest BCUT2D eigenvalue weighted by Gasteiger charge is -2.13. The molecule has 1 fully saturated rings. The Bertz CT molecular complexity index is 1390. The number of nitrogens with zero attached hydrogens (tertiary/aromatic N) is 2. The molecule has 1 atom stereocenters. The fourth-order valence-electron chi connectivity index (χ4n) is 4.23. The lowest BCUT2D eigenvalue weighted by Crippen LogP contribution is -2.30. The molecule has 0 bridgehead atoms. The molecule has 1 aliphatic rings. The number of aliphatic hydroxyl groups is 1. The van der Waals surface area contributed by atoms with Crippen LogP contribution in [-0.2, 0) is 11.2 Å². The Balaban J connectivity index is 0.000000240. The number of rotatable bonds is 8. The van der Waals surface area contributed by atoms with Gasteiger partial charge in [-0.25, -0.2) is 4.98 Å². The second kappa shape index (κ2) is 19.6. The van der Waals surface area contributed by atoms with Crippen molar-refractivity contribution in [3.63, 3.8) is 0 Å². The summed E-state index contributed by atoms with van der Waals surface area (Å²) in [4.78, 5) is 24.8. The molecule has 5 rings (SSSR count). The minimum absolute atomic E-state index is 0.196. The number of aryl methyl sites for hydroxylation is 1. The molecule has 8 nitrogen and oxygen atoms in total. The van der Waals surface area contributed by atoms with Crippen LogP contribution in [0.5, 0.6) is 5.75 Å². The normalized spacial score (nSPS) is 12.6. The summed E-state index contributed by atoms with van der Waals surface area (Å²) in [6.45, 7) is 11.0. The van der Waals surface area contributed by atoms with Gasteiger partial charge in [-0.05, 0) is 92.4 Å². The number of nitrogens with one attached hydrogen (secondary N) is 2. The van der Waals surface area contributed by atoms with Crippen molar-refractivity contribution in [2.24, 2.45) is 5.18 Å². The third-order valence-corrected chi connectivity index (χ3v) is 6.68. The van der Waals surface area contributed by atoms with Gasteiger partial charge in [-0.3, -0.25) is 4.79 Å². The van der Waals surface area contributed by atoms with E-state index < -0.39 is 5.91 Å². The predicted molar refractivity (Wildman–Crippen MR) is 173 cm³/mol. The Labute approximate surface area is 253 Å². The number of fused-ring (bicyclic) bond motifs is 2. The maximum absolute atomic E-state index is 10.7. The molecule has 3 N–H and O–H groups in total. The van der Waals surface area contributed by atoms with E-state index >= 15 is 0 Å². The molecule has 226 valence electrons. The summed E-state index contributed by atoms with van der Waals surface area (Å²) in [6, 6.07) is 22.4. The monoisotopic (exact) mass is 594 g/mol. The fraction of sp³-hybridized carbons (Fsp3) is 0.394. The van der Waals surface area contributed by atoms with Gasteiger partial charge in [-0.1, -0.05) is 67.9 Å². The first kappa shape index (κ1) is 34.8. The number of carbonyl (C=O) groups is 1. The van der Waals surface area contributed by atoms with E-state index in [2.05, 4.69) is 70.2 Å². The van der Waals surface area contributed by atoms with E-state index in [-0.39, 0.29) is 13.2 Å². The van der Waals surface area contributed by atoms with Crippen LogP contribution in [0.1, 0.15) is 44.7 Å². The number of nitroso groups, excluding NO2 is 1. The van der Waals surface area contributed by atoms with Crippen LogP contribution in [0.15, 0.2) is 71.9 Å². The largest absolute Gasteiger partial charge is 0.484 e. The van der Waals surface area contributed by atoms with Gasteiger partial charge in [0.15, 0.2) is 6.61 Å². The third kappa shape index (κ3) is 12.2. The number of hydrogen-bond acceptors (Lipinski definition) is 7. The molecule has 0 aliphatic carbocycles. The van der Waals surface area contributed by atoms with Crippen LogP contribution in [0.25, 0.3) is 21.7 Å². The van der Waals surface area contributed by atoms with E-state index in [4.69, 9.17) is 21.4 Å². The zero-order valence-corrected chi connectivity index (χ0v) is 25.8. The summed E-state index contributed by atoms with van der Waals surface area (Å²) in [7, 11) is 0. The summed E-state index contributed by atoms with van der Waals surface area (Å²) in [5.41, 5.74) is 2.92. The molecule has 1 aliphatic heterocycles. The number of pyridine rings is 1. The highest BCUT2D eigenvalue weighted by atomic mass is 35.5. The van der Waals surface area contributed by atoms with E-state index in [1.165, 1.54) is 42.3 Å². The number of carbonyl (C=O) groups excluding carboxylic acids is 1. The second-order valence-electron chi connectivity index (χ2n) is 9.65. The lowest BCUT2D eigenvalue weighted by molar-refractivity contribution is -0.119. The number of halogens is 1. The summed E-state index contributed by atoms with van der Waals surface area (Å²) in [6.07, 6.45) is 3.77. The van der Waals surface area contributed by atoms with Gasteiger partial charge in [0.25, 0.3) is 0 Å². The van der Waals surface area contributed by atoms with Gasteiger partial charge in [-0.2, -0.15) is 0 Å². The van der Waals surface area contributed by atoms with Crippen LogP contribution >= 0.6 is 11.6 Å². The summed E-state index contributed by atoms with van der Waals surface area (Å²) < 4.78 is 5.13. The van der Waals surface area contributed by atoms with E-state index in [0.29, 0.717) is 23.5 Å². The van der Waals surface area contributed by atoms with E-state index in [1.54, 1.807) is 18.2 Å². The Morgan fingerprint density at radius 3 is 2.40 bits per heavy atom. The number of benzene rings is 3. The molecule has 1 aromatic heterocycles. The zero-order chi connectivity index (χ0) is 30.7. The van der Waals surface area contributed by atoms with Crippen molar-refractivity contribution < 1.29 is 14.6 Å². The van der Waals surface area contributed by atoms with Gasteiger partial charge in [0.1, 0.15) is 10.9 Å². The van der Waals surface area contributed by atoms with Gasteiger partial charge >= 0.3 is 5.91 Å². The van der Waals surface area contributed by atoms with Crippen molar-refractivity contribution in [3.8, 4) is 5.75 Å². The summed E-state index contributed by atoms with van der Waals surface area (Å²) in [5, 5.41) is 21.4. The molecular formula is C33H43ClN4O4. The van der Waals surface area contributed by atoms with Crippen molar-refractivity contribution in [2.75, 3.05) is 32.8 Å². The van der Waals surface area contributed by atoms with Gasteiger partial charge in [-0.15, -0.1) is 4.91 Å². The topological polar surface area (TPSA) is 113 Å². The van der Waals surface area contributed by atoms with Gasteiger partial charge in [0, 0.05) is 23.1 Å². The third-order valence-electron chi connectivity index (χ3n) is 6.30. The number of hydrogen-bond donors (Lipinski definition) is 3. The van der Waals surface area contributed by atoms with Gasteiger partial charge in [0.05, 0.1) is 12.1 Å². The van der Waals surface area contributed by atoms with Crippen molar-refractivity contribution >= 4 is 39.2 Å². The molecule has 1 saturated heterocycles. The molecule has 0 radical (unpaired) electrons. The van der Waals surface area contributed by atoms with Crippen LogP contribution in [0.4, 0.5) is 0 Å². The van der Waals surface area contributed by atoms with Crippen molar-refractivity contribution in [2.45, 2.75) is 53.0 Å². The van der Waals surface area contributed by atoms with Crippen molar-refractivity contribution in [1.29, 1.82) is 0 Å². The number of aromatic nitrogens is 1. The maximum atomic E-state index is 10.7. The van der Waals surface area contributed by atoms with Crippen LogP contribution in [0.2, 0.25) is 5.15 Å². The zero-order valence-electron chi connectivity index (χ0n) is 25.0. The molecule has 1 amide bonds. The van der Waals surface area contributed by atoms with Crippen LogP contribution < -0.4 is 15.4 Å². The number of amides is 1. The molecule has 0 spiro atoms. The minimum Gasteiger partial charge on any atom is -0.484 e. The standard InChI is InChI=1S/C15H19NO.C12H9ClN2O3.C4H9N.C2H6/c1-12(16-8-9-17)10-13-6-7-14-4-2-3-5-15(14)11-13;1-7-4-8-5-9(18-6-11(16)15-17)2-3-10(8)14-12(7)13;1-2-4-5-3-1;1-2/h2-7,11-12,16-17H,8-10H2,1H3;2-5H,6H2,1H3;5H,1-4H2;1-2H3. The molecule has 9 heteroatoms. The van der Waals surface area contributed by atoms with Crippen molar-refractivity contribution in [3.05, 3.63) is 87.9 Å². The fourth-order valence-corrected chi connectivity index (χ4v) is 4.37. The van der Waals surface area contributed by atoms with E-state index in [1.807, 2.05) is 26.8 Å². The highest BCUT2D eigenvalue weighted by Gasteiger charge is 2.06. The Kier molecular flexibility index (Phi) is 16.3. The Morgan fingerprint density at radius 2 is 1.76 bits per heavy atom. The van der Waals surface area contributed by atoms with E-state index in [0.717, 1.165) is 22.9 Å². The van der Waals surface area contributed by atoms with Crippen LogP contribution in [-0.4, -0.2) is 54.9 Å². The minimum atomic E-state index is -0.847. The maximum Gasteiger partial charge on any atom is 0.323 e. The average Bonchev–Trinajstić information content (AvgIpc) is 3.61. The first-order chi connectivity index (χ1) is 20.4. The lowest BCUT2D eigenvalue weighted by atomic mass is 10.0. The van der Waals surface area contributed by atoms with E-state index in [9.17, 15) is 9.70 Å². The second-order valence-corrected chi connectivity index (χ2v) is 10.0. The molecule has 42 heavy (non-hydrogen) atoms. The first-order valence-corrected chi connectivity index (χ1v) is 14.9. The molecule has 3 aromatic carbocycles. The predicted octanol–water partition coefficient (Wildman–Crippen LogP) is 6.62. The van der Waals surface area contributed by atoms with Crippen LogP contribution in [0, 0.1) is 11.8 Å². The number of aliphatic hydroxyl groups excluding tert-OH is 1. The highest BCUT2D eigenvalue weighted by Crippen LogP contribution is 2.24. The molecule has 1 unspecified atom stereocenters. The van der Waals surface area contributed by atoms with Crippen molar-refractivity contribution in [1.82, 2.24) is 15.6 Å². The Morgan fingerprint density at radius 1 is 1.05 bits per heavy atom.